The lowest BCUT2D eigenvalue weighted by molar-refractivity contribution is -0.121. The Bertz CT molecular complexity index is 1190. The van der Waals surface area contributed by atoms with Crippen molar-refractivity contribution in [2.45, 2.75) is 31.2 Å². The van der Waals surface area contributed by atoms with E-state index in [1.165, 1.54) is 17.3 Å². The van der Waals surface area contributed by atoms with Crippen molar-refractivity contribution in [2.75, 3.05) is 0 Å². The topological polar surface area (TPSA) is 70.1 Å². The van der Waals surface area contributed by atoms with Crippen molar-refractivity contribution in [1.29, 1.82) is 0 Å². The summed E-state index contributed by atoms with van der Waals surface area (Å²) in [4.78, 5) is 21.3. The van der Waals surface area contributed by atoms with E-state index in [4.69, 9.17) is 4.98 Å². The highest BCUT2D eigenvalue weighted by atomic mass is 32.2. The number of aromatic amines is 1. The molecule has 0 spiro atoms. The van der Waals surface area contributed by atoms with E-state index in [0.717, 1.165) is 28.1 Å². The van der Waals surface area contributed by atoms with Gasteiger partial charge in [0.25, 0.3) is 5.91 Å². The van der Waals surface area contributed by atoms with Gasteiger partial charge >= 0.3 is 0 Å². The average Bonchev–Trinajstić information content (AvgIpc) is 3.29. The van der Waals surface area contributed by atoms with Crippen LogP contribution in [0.3, 0.4) is 0 Å². The van der Waals surface area contributed by atoms with Crippen molar-refractivity contribution < 1.29 is 4.79 Å². The maximum atomic E-state index is 13.0. The number of benzene rings is 3. The Hall–Kier alpha value is -3.64. The molecule has 0 saturated carbocycles. The zero-order chi connectivity index (χ0) is 23.9. The third-order valence-corrected chi connectivity index (χ3v) is 6.79. The largest absolute Gasteiger partial charge is 0.332 e. The molecule has 1 aromatic heterocycles. The van der Waals surface area contributed by atoms with Crippen LogP contribution in [0.4, 0.5) is 0 Å². The number of hydrogen-bond acceptors (Lipinski definition) is 4. The number of carbonyl (C=O) groups excluding carboxylic acids is 1. The predicted molar refractivity (Wildman–Crippen MR) is 141 cm³/mol. The number of amides is 1. The van der Waals surface area contributed by atoms with Gasteiger partial charge in [-0.15, -0.1) is 0 Å². The molecule has 1 unspecified atom stereocenters. The summed E-state index contributed by atoms with van der Waals surface area (Å²) in [6.07, 6.45) is 1.66. The minimum Gasteiger partial charge on any atom is -0.332 e. The van der Waals surface area contributed by atoms with Crippen molar-refractivity contribution in [1.82, 2.24) is 15.4 Å². The van der Waals surface area contributed by atoms with Crippen LogP contribution in [0.5, 0.6) is 0 Å². The summed E-state index contributed by atoms with van der Waals surface area (Å²) in [5.74, 6) is -0.0627. The lowest BCUT2D eigenvalue weighted by Gasteiger charge is -2.16. The molecule has 6 heteroatoms. The van der Waals surface area contributed by atoms with Gasteiger partial charge in [-0.05, 0) is 18.4 Å². The number of aryl methyl sites for hydroxylation is 1. The summed E-state index contributed by atoms with van der Waals surface area (Å²) in [6, 6.07) is 28.2. The minimum atomic E-state index is -0.353. The van der Waals surface area contributed by atoms with Crippen LogP contribution in [0.2, 0.25) is 0 Å². The summed E-state index contributed by atoms with van der Waals surface area (Å²) in [6.45, 7) is 6.09. The zero-order valence-electron chi connectivity index (χ0n) is 19.5. The number of nitrogens with zero attached hydrogens (tertiary/aromatic N) is 2. The van der Waals surface area contributed by atoms with Gasteiger partial charge in [0.05, 0.1) is 22.9 Å². The number of nitrogens with one attached hydrogen (secondary N) is 2. The molecule has 1 amide bonds. The highest BCUT2D eigenvalue weighted by Gasteiger charge is 2.26. The fourth-order valence-electron chi connectivity index (χ4n) is 3.53. The first kappa shape index (κ1) is 23.5. The molecule has 172 valence electrons. The Balaban J connectivity index is 1.56. The Morgan fingerprint density at radius 2 is 1.56 bits per heavy atom. The van der Waals surface area contributed by atoms with Crippen LogP contribution in [-0.4, -0.2) is 27.3 Å². The third kappa shape index (κ3) is 5.83. The normalized spacial score (nSPS) is 12.2. The second-order valence-electron chi connectivity index (χ2n) is 8.43. The standard InChI is InChI=1S/C28H28N4OS/c1-19(2)26(27(33)32-29-18-21-16-14-20(3)15-17-21)34-28-30-24(22-10-6-4-7-11-22)25(31-28)23-12-8-5-9-13-23/h4-19,26H,1-3H3,(H,30,31)(H,32,33)/b29-18+. The molecule has 34 heavy (non-hydrogen) atoms. The van der Waals surface area contributed by atoms with Crippen LogP contribution < -0.4 is 5.43 Å². The van der Waals surface area contributed by atoms with E-state index < -0.39 is 0 Å². The lowest BCUT2D eigenvalue weighted by Crippen LogP contribution is -2.33. The number of imidazole rings is 1. The van der Waals surface area contributed by atoms with E-state index in [1.807, 2.05) is 93.6 Å². The van der Waals surface area contributed by atoms with Crippen LogP contribution in [0, 0.1) is 12.8 Å². The van der Waals surface area contributed by atoms with E-state index >= 15 is 0 Å². The quantitative estimate of drug-likeness (QED) is 0.181. The highest BCUT2D eigenvalue weighted by Crippen LogP contribution is 2.35. The predicted octanol–water partition coefficient (Wildman–Crippen LogP) is 6.32. The molecular formula is C28H28N4OS. The first-order valence-corrected chi connectivity index (χ1v) is 12.2. The monoisotopic (exact) mass is 468 g/mol. The third-order valence-electron chi connectivity index (χ3n) is 5.36. The molecule has 4 rings (SSSR count). The lowest BCUT2D eigenvalue weighted by atomic mass is 10.1. The number of hydrogen-bond donors (Lipinski definition) is 2. The van der Waals surface area contributed by atoms with Crippen molar-refractivity contribution in [3.63, 3.8) is 0 Å². The van der Waals surface area contributed by atoms with E-state index in [-0.39, 0.29) is 17.1 Å². The fraction of sp³-hybridized carbons (Fsp3) is 0.179. The van der Waals surface area contributed by atoms with Crippen molar-refractivity contribution in [2.24, 2.45) is 11.0 Å². The Labute approximate surface area is 204 Å². The van der Waals surface area contributed by atoms with Gasteiger partial charge in [-0.1, -0.05) is 116 Å². The summed E-state index contributed by atoms with van der Waals surface area (Å²) < 4.78 is 0. The Morgan fingerprint density at radius 3 is 2.18 bits per heavy atom. The second-order valence-corrected chi connectivity index (χ2v) is 9.56. The summed E-state index contributed by atoms with van der Waals surface area (Å²) in [7, 11) is 0. The number of thioether (sulfide) groups is 1. The van der Waals surface area contributed by atoms with Crippen LogP contribution in [0.1, 0.15) is 25.0 Å². The first-order valence-electron chi connectivity index (χ1n) is 11.3. The van der Waals surface area contributed by atoms with E-state index in [9.17, 15) is 4.79 Å². The van der Waals surface area contributed by atoms with E-state index in [0.29, 0.717) is 5.16 Å². The molecule has 0 fully saturated rings. The smallest absolute Gasteiger partial charge is 0.253 e. The molecule has 5 nitrogen and oxygen atoms in total. The van der Waals surface area contributed by atoms with Crippen molar-refractivity contribution in [3.05, 3.63) is 96.1 Å². The number of hydrazone groups is 1. The number of aromatic nitrogens is 2. The second kappa shape index (κ2) is 11.0. The van der Waals surface area contributed by atoms with E-state index in [2.05, 4.69) is 27.6 Å². The molecule has 0 saturated heterocycles. The average molecular weight is 469 g/mol. The van der Waals surface area contributed by atoms with Gasteiger partial charge in [-0.2, -0.15) is 5.10 Å². The molecule has 0 aliphatic heterocycles. The molecule has 0 bridgehead atoms. The summed E-state index contributed by atoms with van der Waals surface area (Å²) in [5, 5.41) is 4.52. The van der Waals surface area contributed by atoms with Crippen LogP contribution in [0.15, 0.2) is 95.2 Å². The Morgan fingerprint density at radius 1 is 0.941 bits per heavy atom. The van der Waals surface area contributed by atoms with Gasteiger partial charge in [0.15, 0.2) is 5.16 Å². The van der Waals surface area contributed by atoms with Crippen LogP contribution in [0.25, 0.3) is 22.5 Å². The van der Waals surface area contributed by atoms with Crippen LogP contribution in [-0.2, 0) is 4.79 Å². The summed E-state index contributed by atoms with van der Waals surface area (Å²) in [5.41, 5.74) is 8.70. The molecule has 0 aliphatic rings. The number of rotatable bonds is 8. The van der Waals surface area contributed by atoms with Gasteiger partial charge in [0.2, 0.25) is 0 Å². The highest BCUT2D eigenvalue weighted by molar-refractivity contribution is 8.00. The van der Waals surface area contributed by atoms with E-state index in [1.54, 1.807) is 6.21 Å². The first-order chi connectivity index (χ1) is 16.5. The molecule has 4 aromatic rings. The summed E-state index contributed by atoms with van der Waals surface area (Å²) >= 11 is 1.42. The molecule has 0 radical (unpaired) electrons. The molecule has 1 atom stereocenters. The molecule has 2 N–H and O–H groups in total. The molecular weight excluding hydrogens is 440 g/mol. The molecule has 3 aromatic carbocycles. The van der Waals surface area contributed by atoms with Crippen LogP contribution >= 0.6 is 11.8 Å². The SMILES string of the molecule is Cc1ccc(/C=N/NC(=O)C(Sc2nc(-c3ccccc3)c(-c3ccccc3)[nH]2)C(C)C)cc1. The van der Waals surface area contributed by atoms with Gasteiger partial charge in [0.1, 0.15) is 0 Å². The molecule has 0 aliphatic carbocycles. The fourth-order valence-corrected chi connectivity index (χ4v) is 4.50. The minimum absolute atomic E-state index is 0.0880. The molecule has 1 heterocycles. The number of H-pyrrole nitrogens is 1. The van der Waals surface area contributed by atoms with Gasteiger partial charge < -0.3 is 4.98 Å². The maximum absolute atomic E-state index is 13.0. The van der Waals surface area contributed by atoms with Gasteiger partial charge in [0, 0.05) is 11.1 Å². The van der Waals surface area contributed by atoms with Gasteiger partial charge in [-0.25, -0.2) is 10.4 Å². The zero-order valence-corrected chi connectivity index (χ0v) is 20.3. The maximum Gasteiger partial charge on any atom is 0.253 e. The van der Waals surface area contributed by atoms with Crippen molar-refractivity contribution in [3.8, 4) is 22.5 Å². The Kier molecular flexibility index (Phi) is 7.60. The van der Waals surface area contributed by atoms with Crippen molar-refractivity contribution >= 4 is 23.9 Å². The number of carbonyl (C=O) groups is 1. The van der Waals surface area contributed by atoms with Gasteiger partial charge in [-0.3, -0.25) is 4.79 Å².